The fourth-order valence-corrected chi connectivity index (χ4v) is 2.56. The van der Waals surface area contributed by atoms with E-state index in [-0.39, 0.29) is 24.3 Å². The number of nitrogens with zero attached hydrogens (tertiary/aromatic N) is 2. The van der Waals surface area contributed by atoms with Gasteiger partial charge in [0.25, 0.3) is 0 Å². The molecule has 5 N–H and O–H groups in total. The molecule has 2 rings (SSSR count). The predicted octanol–water partition coefficient (Wildman–Crippen LogP) is 4.25. The van der Waals surface area contributed by atoms with Crippen LogP contribution in [-0.4, -0.2) is 17.7 Å². The van der Waals surface area contributed by atoms with Gasteiger partial charge in [-0.3, -0.25) is 0 Å². The van der Waals surface area contributed by atoms with Crippen molar-refractivity contribution in [2.24, 2.45) is 21.5 Å². The van der Waals surface area contributed by atoms with Crippen molar-refractivity contribution in [1.82, 2.24) is 0 Å². The third-order valence-corrected chi connectivity index (χ3v) is 3.89. The summed E-state index contributed by atoms with van der Waals surface area (Å²) in [4.78, 5) is 9.37. The molecule has 24 heavy (non-hydrogen) atoms. The van der Waals surface area contributed by atoms with Crippen LogP contribution in [0.25, 0.3) is 0 Å². The molecular weight excluding hydrogens is 365 g/mol. The van der Waals surface area contributed by atoms with Crippen LogP contribution in [0.15, 0.2) is 63.4 Å². The average molecular weight is 384 g/mol. The zero-order valence-electron chi connectivity index (χ0n) is 13.1. The maximum absolute atomic E-state index is 5.83. The van der Waals surface area contributed by atoms with Crippen LogP contribution in [0.5, 0.6) is 0 Å². The summed E-state index contributed by atoms with van der Waals surface area (Å²) in [5.74, 6) is 1.28. The van der Waals surface area contributed by atoms with E-state index in [9.17, 15) is 0 Å². The Morgan fingerprint density at radius 1 is 1.08 bits per heavy atom. The molecule has 2 aromatic carbocycles. The van der Waals surface area contributed by atoms with Crippen molar-refractivity contribution < 1.29 is 0 Å². The first-order chi connectivity index (χ1) is 11.1. The molecule has 0 aromatic heterocycles. The number of hydrogen-bond acceptors (Lipinski definition) is 2. The summed E-state index contributed by atoms with van der Waals surface area (Å²) in [6.07, 6.45) is 0. The molecule has 0 aliphatic rings. The molecule has 0 spiro atoms. The number of nitrogens with one attached hydrogen (secondary N) is 1. The Morgan fingerprint density at radius 3 is 2.29 bits per heavy atom. The molecule has 0 aliphatic carbocycles. The fraction of sp³-hybridized carbons (Fsp3) is 0.125. The Morgan fingerprint density at radius 2 is 1.71 bits per heavy atom. The Balaban J connectivity index is 0.00000288. The minimum atomic E-state index is 0. The van der Waals surface area contributed by atoms with E-state index in [0.717, 1.165) is 11.4 Å². The second kappa shape index (κ2) is 10.1. The number of anilines is 1. The number of rotatable bonds is 4. The summed E-state index contributed by atoms with van der Waals surface area (Å²) >= 11 is 7.59. The smallest absolute Gasteiger partial charge is 0.223 e. The Bertz CT molecular complexity index is 699. The molecule has 2 aromatic rings. The van der Waals surface area contributed by atoms with E-state index in [1.54, 1.807) is 36.0 Å². The first-order valence-corrected chi connectivity index (χ1v) is 8.37. The second-order valence-corrected chi connectivity index (χ2v) is 6.30. The van der Waals surface area contributed by atoms with Crippen molar-refractivity contribution in [3.05, 3.63) is 53.6 Å². The van der Waals surface area contributed by atoms with Crippen LogP contribution < -0.4 is 16.8 Å². The summed E-state index contributed by atoms with van der Waals surface area (Å²) in [6.45, 7) is 2.12. The van der Waals surface area contributed by atoms with Crippen LogP contribution in [0.2, 0.25) is 5.02 Å². The maximum atomic E-state index is 5.83. The van der Waals surface area contributed by atoms with Gasteiger partial charge in [-0.25, -0.2) is 4.99 Å². The van der Waals surface area contributed by atoms with Gasteiger partial charge in [-0.15, -0.1) is 24.2 Å². The number of nitrogens with two attached hydrogens (primary N) is 2. The zero-order chi connectivity index (χ0) is 16.7. The van der Waals surface area contributed by atoms with Gasteiger partial charge >= 0.3 is 0 Å². The SMILES string of the molecule is CCSc1ccc(N/C(N)=N/C(N)=Nc2ccc(Cl)cc2)cc1.Cl. The molecule has 0 unspecified atom stereocenters. The normalized spacial score (nSPS) is 11.8. The molecule has 5 nitrogen and oxygen atoms in total. The van der Waals surface area contributed by atoms with Gasteiger partial charge in [0, 0.05) is 15.6 Å². The molecule has 0 bridgehead atoms. The highest BCUT2D eigenvalue weighted by atomic mass is 35.5. The summed E-state index contributed by atoms with van der Waals surface area (Å²) < 4.78 is 0. The Hall–Kier alpha value is -1.89. The quantitative estimate of drug-likeness (QED) is 0.418. The van der Waals surface area contributed by atoms with E-state index in [4.69, 9.17) is 23.1 Å². The highest BCUT2D eigenvalue weighted by Crippen LogP contribution is 2.19. The van der Waals surface area contributed by atoms with Crippen LogP contribution in [0, 0.1) is 0 Å². The average Bonchev–Trinajstić information content (AvgIpc) is 2.51. The lowest BCUT2D eigenvalue weighted by Gasteiger charge is -2.06. The molecule has 0 fully saturated rings. The first kappa shape index (κ1) is 20.2. The van der Waals surface area contributed by atoms with Gasteiger partial charge in [0.05, 0.1) is 5.69 Å². The van der Waals surface area contributed by atoms with Crippen LogP contribution in [0.3, 0.4) is 0 Å². The van der Waals surface area contributed by atoms with Gasteiger partial charge in [0.2, 0.25) is 11.9 Å². The van der Waals surface area contributed by atoms with Crippen LogP contribution in [0.4, 0.5) is 11.4 Å². The molecule has 128 valence electrons. The molecule has 0 heterocycles. The van der Waals surface area contributed by atoms with E-state index in [1.807, 2.05) is 24.3 Å². The largest absolute Gasteiger partial charge is 0.369 e. The van der Waals surface area contributed by atoms with Crippen molar-refractivity contribution in [3.8, 4) is 0 Å². The van der Waals surface area contributed by atoms with Crippen molar-refractivity contribution in [1.29, 1.82) is 0 Å². The van der Waals surface area contributed by atoms with Gasteiger partial charge < -0.3 is 16.8 Å². The van der Waals surface area contributed by atoms with Crippen molar-refractivity contribution in [2.75, 3.05) is 11.1 Å². The lowest BCUT2D eigenvalue weighted by Crippen LogP contribution is -2.26. The summed E-state index contributed by atoms with van der Waals surface area (Å²) in [5, 5.41) is 3.61. The third-order valence-electron chi connectivity index (χ3n) is 2.74. The Labute approximate surface area is 157 Å². The Kier molecular flexibility index (Phi) is 8.46. The van der Waals surface area contributed by atoms with E-state index < -0.39 is 0 Å². The highest BCUT2D eigenvalue weighted by molar-refractivity contribution is 7.99. The standard InChI is InChI=1S/C16H18ClN5S.ClH/c1-2-23-14-9-7-13(8-10-14)21-16(19)22-15(18)20-12-5-3-11(17)4-6-12;/h3-10H,2H2,1H3,(H5,18,19,20,21,22);1H. The lowest BCUT2D eigenvalue weighted by molar-refractivity contribution is 1.38. The summed E-state index contributed by atoms with van der Waals surface area (Å²) in [7, 11) is 0. The molecule has 0 saturated carbocycles. The molecular formula is C16H19Cl2N5S. The van der Waals surface area contributed by atoms with Crippen molar-refractivity contribution >= 4 is 59.1 Å². The van der Waals surface area contributed by atoms with Crippen LogP contribution >= 0.6 is 35.8 Å². The summed E-state index contributed by atoms with van der Waals surface area (Å²) in [5.41, 5.74) is 13.1. The van der Waals surface area contributed by atoms with Gasteiger partial charge in [0.15, 0.2) is 0 Å². The van der Waals surface area contributed by atoms with Crippen LogP contribution in [0.1, 0.15) is 6.92 Å². The third kappa shape index (κ3) is 6.70. The van der Waals surface area contributed by atoms with Crippen molar-refractivity contribution in [3.63, 3.8) is 0 Å². The maximum Gasteiger partial charge on any atom is 0.223 e. The van der Waals surface area contributed by atoms with Crippen molar-refractivity contribution in [2.45, 2.75) is 11.8 Å². The van der Waals surface area contributed by atoms with E-state index in [1.165, 1.54) is 4.90 Å². The topological polar surface area (TPSA) is 88.8 Å². The number of thioether (sulfide) groups is 1. The number of guanidine groups is 2. The van der Waals surface area contributed by atoms with Gasteiger partial charge in [-0.2, -0.15) is 4.99 Å². The molecule has 0 saturated heterocycles. The number of benzene rings is 2. The highest BCUT2D eigenvalue weighted by Gasteiger charge is 1.98. The molecule has 0 atom stereocenters. The number of halogens is 2. The minimum Gasteiger partial charge on any atom is -0.369 e. The van der Waals surface area contributed by atoms with E-state index in [0.29, 0.717) is 10.7 Å². The monoisotopic (exact) mass is 383 g/mol. The predicted molar refractivity (Wildman–Crippen MR) is 108 cm³/mol. The molecule has 0 aliphatic heterocycles. The van der Waals surface area contributed by atoms with Gasteiger partial charge in [-0.1, -0.05) is 18.5 Å². The van der Waals surface area contributed by atoms with Gasteiger partial charge in [0.1, 0.15) is 0 Å². The second-order valence-electron chi connectivity index (χ2n) is 4.53. The lowest BCUT2D eigenvalue weighted by atomic mass is 10.3. The molecule has 0 radical (unpaired) electrons. The first-order valence-electron chi connectivity index (χ1n) is 7.00. The van der Waals surface area contributed by atoms with Crippen LogP contribution in [-0.2, 0) is 0 Å². The zero-order valence-corrected chi connectivity index (χ0v) is 15.5. The number of aliphatic imine (C=N–C) groups is 2. The molecule has 0 amide bonds. The molecule has 8 heteroatoms. The van der Waals surface area contributed by atoms with E-state index >= 15 is 0 Å². The fourth-order valence-electron chi connectivity index (χ4n) is 1.77. The minimum absolute atomic E-state index is 0. The summed E-state index contributed by atoms with van der Waals surface area (Å²) in [6, 6.07) is 14.9. The van der Waals surface area contributed by atoms with Gasteiger partial charge in [-0.05, 0) is 54.3 Å². The van der Waals surface area contributed by atoms with E-state index in [2.05, 4.69) is 22.2 Å². The number of hydrogen-bond donors (Lipinski definition) is 3.